The molecular weight excluding hydrogens is 578 g/mol. The molecule has 0 aliphatic heterocycles. The van der Waals surface area contributed by atoms with Gasteiger partial charge in [0.2, 0.25) is 11.8 Å². The summed E-state index contributed by atoms with van der Waals surface area (Å²) in [5, 5.41) is 3.50. The van der Waals surface area contributed by atoms with Crippen molar-refractivity contribution >= 4 is 39.1 Å². The van der Waals surface area contributed by atoms with Crippen molar-refractivity contribution in [1.29, 1.82) is 0 Å². The number of hydrogen-bond acceptors (Lipinski definition) is 6. The summed E-state index contributed by atoms with van der Waals surface area (Å²) in [5.41, 5.74) is 1.04. The van der Waals surface area contributed by atoms with Crippen LogP contribution >= 0.6 is 11.6 Å². The van der Waals surface area contributed by atoms with Gasteiger partial charge in [0, 0.05) is 23.7 Å². The Bertz CT molecular complexity index is 1450. The fourth-order valence-electron chi connectivity index (χ4n) is 4.37. The molecule has 2 amide bonds. The van der Waals surface area contributed by atoms with Crippen molar-refractivity contribution in [2.45, 2.75) is 57.1 Å². The minimum Gasteiger partial charge on any atom is -0.493 e. The predicted octanol–water partition coefficient (Wildman–Crippen LogP) is 5.27. The molecule has 3 aromatic rings. The number of benzene rings is 3. The Morgan fingerprint density at radius 3 is 2.12 bits per heavy atom. The molecule has 0 saturated heterocycles. The number of carbonyl (C=O) groups is 2. The average Bonchev–Trinajstić information content (AvgIpc) is 3.00. The fraction of sp³-hybridized carbons (Fsp3) is 0.355. The van der Waals surface area contributed by atoms with Crippen LogP contribution in [0.1, 0.15) is 39.2 Å². The minimum absolute atomic E-state index is 0.0809. The monoisotopic (exact) mass is 615 g/mol. The molecule has 226 valence electrons. The topological polar surface area (TPSA) is 105 Å². The second-order valence-corrected chi connectivity index (χ2v) is 12.1. The van der Waals surface area contributed by atoms with Crippen LogP contribution in [0.25, 0.3) is 0 Å². The van der Waals surface area contributed by atoms with Crippen molar-refractivity contribution < 1.29 is 27.5 Å². The number of para-hydroxylation sites is 1. The summed E-state index contributed by atoms with van der Waals surface area (Å²) in [6.45, 7) is 5.21. The van der Waals surface area contributed by atoms with Gasteiger partial charge in [-0.25, -0.2) is 8.42 Å². The molecule has 0 saturated carbocycles. The molecule has 2 atom stereocenters. The lowest BCUT2D eigenvalue weighted by Gasteiger charge is -2.33. The van der Waals surface area contributed by atoms with E-state index < -0.39 is 28.5 Å². The summed E-state index contributed by atoms with van der Waals surface area (Å²) in [4.78, 5) is 28.8. The van der Waals surface area contributed by atoms with Crippen LogP contribution in [0.3, 0.4) is 0 Å². The van der Waals surface area contributed by atoms with E-state index in [4.69, 9.17) is 21.1 Å². The lowest BCUT2D eigenvalue weighted by atomic mass is 10.1. The number of carbonyl (C=O) groups excluding carboxylic acids is 2. The third-order valence-electron chi connectivity index (χ3n) is 6.92. The molecule has 0 aliphatic rings. The number of halogens is 1. The van der Waals surface area contributed by atoms with E-state index in [1.165, 1.54) is 37.3 Å². The van der Waals surface area contributed by atoms with E-state index in [1.54, 1.807) is 54.6 Å². The maximum Gasteiger partial charge on any atom is 0.264 e. The Morgan fingerprint density at radius 1 is 0.905 bits per heavy atom. The molecule has 0 fully saturated rings. The summed E-state index contributed by atoms with van der Waals surface area (Å²) in [6, 6.07) is 18.7. The molecule has 42 heavy (non-hydrogen) atoms. The number of nitrogens with one attached hydrogen (secondary N) is 1. The normalized spacial score (nSPS) is 12.6. The number of anilines is 1. The standard InChI is InChI=1S/C31H38ClN3O6S/c1-6-22(3)33-31(37)27(7-2)34(20-23-13-15-24(32)16-14-23)30(36)21-35(25-11-9-8-10-12-25)42(38,39)26-17-18-28(40-4)29(19-26)41-5/h8-19,22,27H,6-7,20-21H2,1-5H3,(H,33,37)/t22-,27-/m0/s1. The van der Waals surface area contributed by atoms with E-state index in [-0.39, 0.29) is 29.1 Å². The van der Waals surface area contributed by atoms with Crippen molar-refractivity contribution in [3.8, 4) is 11.5 Å². The van der Waals surface area contributed by atoms with Crippen LogP contribution in [0.5, 0.6) is 11.5 Å². The molecule has 0 aliphatic carbocycles. The summed E-state index contributed by atoms with van der Waals surface area (Å²) in [5.74, 6) is -0.242. The van der Waals surface area contributed by atoms with Gasteiger partial charge in [-0.05, 0) is 61.7 Å². The molecule has 0 unspecified atom stereocenters. The van der Waals surface area contributed by atoms with E-state index in [9.17, 15) is 18.0 Å². The van der Waals surface area contributed by atoms with Gasteiger partial charge in [0.1, 0.15) is 12.6 Å². The fourth-order valence-corrected chi connectivity index (χ4v) is 5.93. The van der Waals surface area contributed by atoms with Gasteiger partial charge < -0.3 is 19.7 Å². The summed E-state index contributed by atoms with van der Waals surface area (Å²) < 4.78 is 39.8. The first-order valence-corrected chi connectivity index (χ1v) is 15.5. The summed E-state index contributed by atoms with van der Waals surface area (Å²) in [7, 11) is -1.39. The minimum atomic E-state index is -4.26. The molecule has 11 heteroatoms. The van der Waals surface area contributed by atoms with Gasteiger partial charge in [0.15, 0.2) is 11.5 Å². The van der Waals surface area contributed by atoms with Gasteiger partial charge in [-0.3, -0.25) is 13.9 Å². The lowest BCUT2D eigenvalue weighted by molar-refractivity contribution is -0.140. The largest absolute Gasteiger partial charge is 0.493 e. The van der Waals surface area contributed by atoms with Gasteiger partial charge in [-0.15, -0.1) is 0 Å². The second-order valence-electron chi connectivity index (χ2n) is 9.75. The Morgan fingerprint density at radius 2 is 1.55 bits per heavy atom. The molecular formula is C31H38ClN3O6S. The van der Waals surface area contributed by atoms with Crippen molar-refractivity contribution in [3.05, 3.63) is 83.4 Å². The van der Waals surface area contributed by atoms with Crippen LogP contribution in [0.15, 0.2) is 77.7 Å². The Labute approximate surface area is 253 Å². The average molecular weight is 616 g/mol. The summed E-state index contributed by atoms with van der Waals surface area (Å²) >= 11 is 6.08. The van der Waals surface area contributed by atoms with Gasteiger partial charge in [0.05, 0.1) is 24.8 Å². The van der Waals surface area contributed by atoms with E-state index in [0.717, 1.165) is 16.3 Å². The first-order chi connectivity index (χ1) is 20.0. The maximum atomic E-state index is 14.1. The third-order valence-corrected chi connectivity index (χ3v) is 8.94. The highest BCUT2D eigenvalue weighted by molar-refractivity contribution is 7.92. The molecule has 0 bridgehead atoms. The zero-order chi connectivity index (χ0) is 30.9. The number of hydrogen-bond donors (Lipinski definition) is 1. The van der Waals surface area contributed by atoms with Crippen LogP contribution in [0.4, 0.5) is 5.69 Å². The van der Waals surface area contributed by atoms with E-state index >= 15 is 0 Å². The number of ether oxygens (including phenoxy) is 2. The SMILES string of the molecule is CC[C@H](C)NC(=O)[C@H](CC)N(Cc1ccc(Cl)cc1)C(=O)CN(c1ccccc1)S(=O)(=O)c1ccc(OC)c(OC)c1. The first kappa shape index (κ1) is 32.8. The number of nitrogens with zero attached hydrogens (tertiary/aromatic N) is 2. The molecule has 3 rings (SSSR count). The zero-order valence-corrected chi connectivity index (χ0v) is 26.1. The molecule has 0 aromatic heterocycles. The number of rotatable bonds is 14. The Kier molecular flexibility index (Phi) is 11.6. The van der Waals surface area contributed by atoms with Crippen LogP contribution in [-0.2, 0) is 26.2 Å². The number of sulfonamides is 1. The van der Waals surface area contributed by atoms with Crippen LogP contribution in [-0.4, -0.2) is 58.0 Å². The number of amides is 2. The van der Waals surface area contributed by atoms with Gasteiger partial charge in [-0.2, -0.15) is 0 Å². The van der Waals surface area contributed by atoms with E-state index in [2.05, 4.69) is 5.32 Å². The molecule has 0 heterocycles. The van der Waals surface area contributed by atoms with Gasteiger partial charge in [0.25, 0.3) is 10.0 Å². The maximum absolute atomic E-state index is 14.1. The van der Waals surface area contributed by atoms with Crippen LogP contribution in [0.2, 0.25) is 5.02 Å². The molecule has 0 radical (unpaired) electrons. The van der Waals surface area contributed by atoms with E-state index in [1.807, 2.05) is 20.8 Å². The molecule has 3 aromatic carbocycles. The predicted molar refractivity (Wildman–Crippen MR) is 164 cm³/mol. The van der Waals surface area contributed by atoms with Crippen LogP contribution < -0.4 is 19.1 Å². The smallest absolute Gasteiger partial charge is 0.264 e. The highest BCUT2D eigenvalue weighted by Gasteiger charge is 2.34. The van der Waals surface area contributed by atoms with E-state index in [0.29, 0.717) is 22.9 Å². The second kappa shape index (κ2) is 14.9. The van der Waals surface area contributed by atoms with Crippen LogP contribution in [0, 0.1) is 0 Å². The highest BCUT2D eigenvalue weighted by Crippen LogP contribution is 2.32. The van der Waals surface area contributed by atoms with Crippen molar-refractivity contribution in [2.24, 2.45) is 0 Å². The zero-order valence-electron chi connectivity index (χ0n) is 24.5. The quantitative estimate of drug-likeness (QED) is 0.265. The van der Waals surface area contributed by atoms with Gasteiger partial charge >= 0.3 is 0 Å². The summed E-state index contributed by atoms with van der Waals surface area (Å²) in [6.07, 6.45) is 1.05. The lowest BCUT2D eigenvalue weighted by Crippen LogP contribution is -2.53. The molecule has 0 spiro atoms. The molecule has 9 nitrogen and oxygen atoms in total. The number of methoxy groups -OCH3 is 2. The highest BCUT2D eigenvalue weighted by atomic mass is 35.5. The van der Waals surface area contributed by atoms with Crippen molar-refractivity contribution in [2.75, 3.05) is 25.1 Å². The first-order valence-electron chi connectivity index (χ1n) is 13.7. The third kappa shape index (κ3) is 7.95. The Balaban J connectivity index is 2.06. The molecule has 1 N–H and O–H groups in total. The van der Waals surface area contributed by atoms with Crippen molar-refractivity contribution in [3.63, 3.8) is 0 Å². The van der Waals surface area contributed by atoms with Gasteiger partial charge in [-0.1, -0.05) is 55.8 Å². The Hall–Kier alpha value is -3.76. The van der Waals surface area contributed by atoms with Crippen molar-refractivity contribution in [1.82, 2.24) is 10.2 Å².